The standard InChI is InChI=1S/C16H25N3O/c1-13-11-18(4)8-9-19(13)12-14-6-5-7-15(10-14)16(20)17(2)3/h5-7,10,13H,8-9,11-12H2,1-4H3. The van der Waals surface area contributed by atoms with Gasteiger partial charge in [0.05, 0.1) is 0 Å². The number of carbonyl (C=O) groups excluding carboxylic acids is 1. The largest absolute Gasteiger partial charge is 0.345 e. The lowest BCUT2D eigenvalue weighted by Crippen LogP contribution is -2.49. The molecule has 20 heavy (non-hydrogen) atoms. The van der Waals surface area contributed by atoms with Gasteiger partial charge in [-0.05, 0) is 31.7 Å². The third-order valence-corrected chi connectivity index (χ3v) is 3.93. The second-order valence-electron chi connectivity index (χ2n) is 5.98. The van der Waals surface area contributed by atoms with Crippen molar-refractivity contribution in [3.05, 3.63) is 35.4 Å². The minimum Gasteiger partial charge on any atom is -0.345 e. The number of piperazine rings is 1. The molecule has 1 atom stereocenters. The number of likely N-dealkylation sites (N-methyl/N-ethyl adjacent to an activating group) is 1. The second-order valence-corrected chi connectivity index (χ2v) is 5.98. The lowest BCUT2D eigenvalue weighted by Gasteiger charge is -2.38. The quantitative estimate of drug-likeness (QED) is 0.837. The summed E-state index contributed by atoms with van der Waals surface area (Å²) in [7, 11) is 5.75. The highest BCUT2D eigenvalue weighted by atomic mass is 16.2. The van der Waals surface area contributed by atoms with Crippen molar-refractivity contribution in [3.63, 3.8) is 0 Å². The van der Waals surface area contributed by atoms with Crippen molar-refractivity contribution in [1.82, 2.24) is 14.7 Å². The van der Waals surface area contributed by atoms with Crippen molar-refractivity contribution in [1.29, 1.82) is 0 Å². The maximum atomic E-state index is 12.0. The van der Waals surface area contributed by atoms with Crippen LogP contribution in [0.15, 0.2) is 24.3 Å². The van der Waals surface area contributed by atoms with E-state index in [1.807, 2.05) is 18.2 Å². The molecule has 1 aliphatic rings. The highest BCUT2D eigenvalue weighted by Crippen LogP contribution is 2.14. The zero-order valence-corrected chi connectivity index (χ0v) is 13.0. The van der Waals surface area contributed by atoms with Gasteiger partial charge in [0, 0.05) is 51.9 Å². The van der Waals surface area contributed by atoms with E-state index in [1.165, 1.54) is 5.56 Å². The van der Waals surface area contributed by atoms with Gasteiger partial charge in [-0.1, -0.05) is 12.1 Å². The molecule has 0 aliphatic carbocycles. The molecule has 1 saturated heterocycles. The molecule has 0 N–H and O–H groups in total. The van der Waals surface area contributed by atoms with Gasteiger partial charge in [0.25, 0.3) is 5.91 Å². The van der Waals surface area contributed by atoms with Crippen LogP contribution < -0.4 is 0 Å². The highest BCUT2D eigenvalue weighted by Gasteiger charge is 2.21. The van der Waals surface area contributed by atoms with Gasteiger partial charge in [-0.3, -0.25) is 9.69 Å². The van der Waals surface area contributed by atoms with E-state index >= 15 is 0 Å². The molecule has 1 unspecified atom stereocenters. The lowest BCUT2D eigenvalue weighted by molar-refractivity contribution is 0.0826. The Hall–Kier alpha value is -1.39. The Bertz CT molecular complexity index is 473. The molecule has 1 aliphatic heterocycles. The van der Waals surface area contributed by atoms with E-state index in [4.69, 9.17) is 0 Å². The maximum Gasteiger partial charge on any atom is 0.253 e. The minimum atomic E-state index is 0.0678. The average molecular weight is 275 g/mol. The molecule has 110 valence electrons. The first-order valence-electron chi connectivity index (χ1n) is 7.20. The van der Waals surface area contributed by atoms with Crippen LogP contribution in [0.5, 0.6) is 0 Å². The highest BCUT2D eigenvalue weighted by molar-refractivity contribution is 5.94. The van der Waals surface area contributed by atoms with E-state index < -0.39 is 0 Å². The maximum absolute atomic E-state index is 12.0. The van der Waals surface area contributed by atoms with Crippen LogP contribution in [0.3, 0.4) is 0 Å². The number of rotatable bonds is 3. The fourth-order valence-electron chi connectivity index (χ4n) is 2.71. The molecule has 0 bridgehead atoms. The van der Waals surface area contributed by atoms with Crippen LogP contribution in [-0.4, -0.2) is 67.4 Å². The summed E-state index contributed by atoms with van der Waals surface area (Å²) >= 11 is 0. The smallest absolute Gasteiger partial charge is 0.253 e. The summed E-state index contributed by atoms with van der Waals surface area (Å²) in [5.74, 6) is 0.0678. The Morgan fingerprint density at radius 1 is 1.35 bits per heavy atom. The molecule has 1 amide bonds. The Morgan fingerprint density at radius 2 is 2.10 bits per heavy atom. The summed E-state index contributed by atoms with van der Waals surface area (Å²) in [4.78, 5) is 18.5. The summed E-state index contributed by atoms with van der Waals surface area (Å²) in [6.45, 7) is 6.49. The van der Waals surface area contributed by atoms with E-state index in [0.29, 0.717) is 6.04 Å². The van der Waals surface area contributed by atoms with Gasteiger partial charge in [-0.25, -0.2) is 0 Å². The first kappa shape index (κ1) is 15.0. The van der Waals surface area contributed by atoms with Crippen LogP contribution >= 0.6 is 0 Å². The van der Waals surface area contributed by atoms with Crippen LogP contribution in [0.4, 0.5) is 0 Å². The molecule has 0 aromatic heterocycles. The summed E-state index contributed by atoms with van der Waals surface area (Å²) < 4.78 is 0. The molecule has 2 rings (SSSR count). The van der Waals surface area contributed by atoms with Gasteiger partial charge in [0.1, 0.15) is 0 Å². The lowest BCUT2D eigenvalue weighted by atomic mass is 10.1. The molecule has 0 radical (unpaired) electrons. The third kappa shape index (κ3) is 3.58. The number of amides is 1. The molecule has 0 saturated carbocycles. The van der Waals surface area contributed by atoms with Gasteiger partial charge in [0.2, 0.25) is 0 Å². The summed E-state index contributed by atoms with van der Waals surface area (Å²) in [6, 6.07) is 8.55. The van der Waals surface area contributed by atoms with Gasteiger partial charge in [0.15, 0.2) is 0 Å². The van der Waals surface area contributed by atoms with Crippen LogP contribution in [0.2, 0.25) is 0 Å². The fourth-order valence-corrected chi connectivity index (χ4v) is 2.71. The van der Waals surface area contributed by atoms with Crippen molar-refractivity contribution >= 4 is 5.91 Å². The SMILES string of the molecule is CC1CN(C)CCN1Cc1cccc(C(=O)N(C)C)c1. The molecule has 0 spiro atoms. The zero-order chi connectivity index (χ0) is 14.7. The predicted molar refractivity (Wildman–Crippen MR) is 81.8 cm³/mol. The molecule has 1 fully saturated rings. The van der Waals surface area contributed by atoms with E-state index in [0.717, 1.165) is 31.7 Å². The number of nitrogens with zero attached hydrogens (tertiary/aromatic N) is 3. The Labute approximate surface area is 122 Å². The Morgan fingerprint density at radius 3 is 2.75 bits per heavy atom. The monoisotopic (exact) mass is 275 g/mol. The van der Waals surface area contributed by atoms with E-state index in [2.05, 4.69) is 29.8 Å². The molecule has 1 heterocycles. The van der Waals surface area contributed by atoms with E-state index in [-0.39, 0.29) is 5.91 Å². The van der Waals surface area contributed by atoms with Crippen molar-refractivity contribution < 1.29 is 4.79 Å². The third-order valence-electron chi connectivity index (χ3n) is 3.93. The molecule has 4 heteroatoms. The first-order valence-corrected chi connectivity index (χ1v) is 7.20. The van der Waals surface area contributed by atoms with Crippen molar-refractivity contribution in [2.45, 2.75) is 19.5 Å². The van der Waals surface area contributed by atoms with Crippen LogP contribution in [0, 0.1) is 0 Å². The zero-order valence-electron chi connectivity index (χ0n) is 13.0. The van der Waals surface area contributed by atoms with Crippen LogP contribution in [-0.2, 0) is 6.54 Å². The Kier molecular flexibility index (Phi) is 4.78. The molecular weight excluding hydrogens is 250 g/mol. The van der Waals surface area contributed by atoms with Gasteiger partial charge >= 0.3 is 0 Å². The number of hydrogen-bond acceptors (Lipinski definition) is 3. The van der Waals surface area contributed by atoms with E-state index in [9.17, 15) is 4.79 Å². The van der Waals surface area contributed by atoms with Gasteiger partial charge < -0.3 is 9.80 Å². The number of hydrogen-bond donors (Lipinski definition) is 0. The summed E-state index contributed by atoms with van der Waals surface area (Å²) in [5, 5.41) is 0. The number of carbonyl (C=O) groups is 1. The predicted octanol–water partition coefficient (Wildman–Crippen LogP) is 1.52. The minimum absolute atomic E-state index is 0.0678. The van der Waals surface area contributed by atoms with E-state index in [1.54, 1.807) is 19.0 Å². The van der Waals surface area contributed by atoms with Crippen molar-refractivity contribution in [3.8, 4) is 0 Å². The fraction of sp³-hybridized carbons (Fsp3) is 0.562. The van der Waals surface area contributed by atoms with Crippen molar-refractivity contribution in [2.24, 2.45) is 0 Å². The van der Waals surface area contributed by atoms with Crippen molar-refractivity contribution in [2.75, 3.05) is 40.8 Å². The average Bonchev–Trinajstić information content (AvgIpc) is 2.41. The van der Waals surface area contributed by atoms with Gasteiger partial charge in [-0.15, -0.1) is 0 Å². The summed E-state index contributed by atoms with van der Waals surface area (Å²) in [5.41, 5.74) is 1.99. The normalized spacial score (nSPS) is 20.9. The van der Waals surface area contributed by atoms with Gasteiger partial charge in [-0.2, -0.15) is 0 Å². The topological polar surface area (TPSA) is 26.8 Å². The summed E-state index contributed by atoms with van der Waals surface area (Å²) in [6.07, 6.45) is 0. The first-order chi connectivity index (χ1) is 9.47. The Balaban J connectivity index is 2.06. The van der Waals surface area contributed by atoms with Crippen LogP contribution in [0.25, 0.3) is 0 Å². The van der Waals surface area contributed by atoms with Crippen LogP contribution in [0.1, 0.15) is 22.8 Å². The molecule has 1 aromatic carbocycles. The molecular formula is C16H25N3O. The second kappa shape index (κ2) is 6.37. The number of benzene rings is 1. The molecule has 4 nitrogen and oxygen atoms in total. The molecule has 1 aromatic rings.